The predicted octanol–water partition coefficient (Wildman–Crippen LogP) is 4.11. The molecule has 1 aromatic rings. The van der Waals surface area contributed by atoms with Crippen LogP contribution in [0.5, 0.6) is 5.75 Å². The highest BCUT2D eigenvalue weighted by molar-refractivity contribution is 5.92. The molecule has 1 aliphatic heterocycles. The topological polar surface area (TPSA) is 50.4 Å². The van der Waals surface area contributed by atoms with E-state index in [2.05, 4.69) is 31.4 Å². The molecule has 136 valence electrons. The Bertz CT molecular complexity index is 502. The predicted molar refractivity (Wildman–Crippen MR) is 102 cm³/mol. The molecule has 1 heterocycles. The van der Waals surface area contributed by atoms with Gasteiger partial charge in [0.25, 0.3) is 0 Å². The minimum absolute atomic E-state index is 0. The Morgan fingerprint density at radius 1 is 1.33 bits per heavy atom. The van der Waals surface area contributed by atoms with Crippen molar-refractivity contribution in [1.29, 1.82) is 0 Å². The van der Waals surface area contributed by atoms with E-state index >= 15 is 0 Å². The average molecular weight is 355 g/mol. The van der Waals surface area contributed by atoms with Crippen molar-refractivity contribution < 1.29 is 9.53 Å². The maximum Gasteiger partial charge on any atom is 0.224 e. The van der Waals surface area contributed by atoms with Gasteiger partial charge in [-0.2, -0.15) is 0 Å². The molecule has 2 unspecified atom stereocenters. The van der Waals surface area contributed by atoms with E-state index in [1.54, 1.807) is 0 Å². The van der Waals surface area contributed by atoms with Crippen molar-refractivity contribution in [3.05, 3.63) is 24.3 Å². The lowest BCUT2D eigenvalue weighted by Gasteiger charge is -2.28. The molecule has 1 fully saturated rings. The third-order valence-corrected chi connectivity index (χ3v) is 4.38. The zero-order valence-electron chi connectivity index (χ0n) is 15.0. The van der Waals surface area contributed by atoms with E-state index in [1.165, 1.54) is 12.8 Å². The fraction of sp³-hybridized carbons (Fsp3) is 0.632. The molecule has 4 nitrogen and oxygen atoms in total. The summed E-state index contributed by atoms with van der Waals surface area (Å²) in [4.78, 5) is 12.4. The summed E-state index contributed by atoms with van der Waals surface area (Å²) in [6, 6.07) is 7.67. The van der Waals surface area contributed by atoms with Crippen LogP contribution in [-0.2, 0) is 4.79 Å². The number of carbonyl (C=O) groups is 1. The highest BCUT2D eigenvalue weighted by Crippen LogP contribution is 2.26. The van der Waals surface area contributed by atoms with Crippen LogP contribution in [0.4, 0.5) is 5.69 Å². The molecule has 1 saturated heterocycles. The van der Waals surface area contributed by atoms with Crippen LogP contribution in [0.1, 0.15) is 40.0 Å². The van der Waals surface area contributed by atoms with Crippen LogP contribution >= 0.6 is 12.4 Å². The summed E-state index contributed by atoms with van der Waals surface area (Å²) in [6.45, 7) is 9.19. The summed E-state index contributed by atoms with van der Waals surface area (Å²) in [5, 5.41) is 6.44. The van der Waals surface area contributed by atoms with Gasteiger partial charge >= 0.3 is 0 Å². The lowest BCUT2D eigenvalue weighted by atomic mass is 9.85. The van der Waals surface area contributed by atoms with Crippen LogP contribution < -0.4 is 15.4 Å². The number of anilines is 1. The van der Waals surface area contributed by atoms with Crippen LogP contribution in [0.2, 0.25) is 0 Å². The van der Waals surface area contributed by atoms with Crippen LogP contribution in [0.15, 0.2) is 24.3 Å². The van der Waals surface area contributed by atoms with Crippen LogP contribution in [-0.4, -0.2) is 25.6 Å². The molecule has 0 spiro atoms. The maximum atomic E-state index is 12.4. The molecule has 2 rings (SSSR count). The lowest BCUT2D eigenvalue weighted by molar-refractivity contribution is -0.117. The van der Waals surface area contributed by atoms with Gasteiger partial charge in [0.05, 0.1) is 12.3 Å². The monoisotopic (exact) mass is 354 g/mol. The molecule has 1 aromatic carbocycles. The zero-order valence-corrected chi connectivity index (χ0v) is 15.8. The first-order valence-corrected chi connectivity index (χ1v) is 8.78. The third-order valence-electron chi connectivity index (χ3n) is 4.38. The zero-order chi connectivity index (χ0) is 16.7. The number of piperidine rings is 1. The molecule has 5 heteroatoms. The summed E-state index contributed by atoms with van der Waals surface area (Å²) in [7, 11) is 0. The number of para-hydroxylation sites is 2. The minimum Gasteiger partial charge on any atom is -0.491 e. The fourth-order valence-corrected chi connectivity index (χ4v) is 2.98. The Balaban J connectivity index is 0.00000288. The van der Waals surface area contributed by atoms with Crippen molar-refractivity contribution in [2.24, 2.45) is 17.8 Å². The number of benzene rings is 1. The smallest absolute Gasteiger partial charge is 0.224 e. The van der Waals surface area contributed by atoms with Gasteiger partial charge < -0.3 is 15.4 Å². The van der Waals surface area contributed by atoms with Gasteiger partial charge in [0.15, 0.2) is 0 Å². The molecule has 2 atom stereocenters. The summed E-state index contributed by atoms with van der Waals surface area (Å²) in [5.41, 5.74) is 0.770. The number of rotatable bonds is 7. The Morgan fingerprint density at radius 3 is 2.75 bits per heavy atom. The summed E-state index contributed by atoms with van der Waals surface area (Å²) < 4.78 is 5.80. The summed E-state index contributed by atoms with van der Waals surface area (Å²) in [6.07, 6.45) is 2.99. The van der Waals surface area contributed by atoms with Crippen molar-refractivity contribution in [2.75, 3.05) is 25.0 Å². The first-order valence-electron chi connectivity index (χ1n) is 8.78. The average Bonchev–Trinajstić information content (AvgIpc) is 2.54. The van der Waals surface area contributed by atoms with Gasteiger partial charge in [-0.05, 0) is 55.8 Å². The third kappa shape index (κ3) is 6.70. The van der Waals surface area contributed by atoms with Crippen LogP contribution in [0.25, 0.3) is 0 Å². The molecule has 0 radical (unpaired) electrons. The molecule has 2 N–H and O–H groups in total. The van der Waals surface area contributed by atoms with Gasteiger partial charge in [0.1, 0.15) is 5.75 Å². The van der Waals surface area contributed by atoms with Gasteiger partial charge in [0.2, 0.25) is 5.91 Å². The number of amides is 1. The van der Waals surface area contributed by atoms with Crippen molar-refractivity contribution in [1.82, 2.24) is 5.32 Å². The van der Waals surface area contributed by atoms with E-state index in [1.807, 2.05) is 24.3 Å². The van der Waals surface area contributed by atoms with Gasteiger partial charge in [-0.25, -0.2) is 0 Å². The van der Waals surface area contributed by atoms with Crippen molar-refractivity contribution in [3.8, 4) is 5.75 Å². The highest BCUT2D eigenvalue weighted by atomic mass is 35.5. The van der Waals surface area contributed by atoms with Crippen molar-refractivity contribution in [2.45, 2.75) is 40.0 Å². The lowest BCUT2D eigenvalue weighted by Crippen LogP contribution is -2.34. The second kappa shape index (κ2) is 10.6. The van der Waals surface area contributed by atoms with Crippen LogP contribution in [0, 0.1) is 17.8 Å². The fourth-order valence-electron chi connectivity index (χ4n) is 2.98. The number of carbonyl (C=O) groups excluding carboxylic acids is 1. The second-order valence-corrected chi connectivity index (χ2v) is 7.04. The van der Waals surface area contributed by atoms with Crippen molar-refractivity contribution >= 4 is 24.0 Å². The summed E-state index contributed by atoms with van der Waals surface area (Å²) >= 11 is 0. The Hall–Kier alpha value is -1.26. The van der Waals surface area contributed by atoms with E-state index < -0.39 is 0 Å². The number of hydrogen-bond acceptors (Lipinski definition) is 3. The quantitative estimate of drug-likeness (QED) is 0.774. The molecular formula is C19H31ClN2O2. The molecule has 1 aliphatic rings. The maximum absolute atomic E-state index is 12.4. The van der Waals surface area contributed by atoms with Gasteiger partial charge in [-0.15, -0.1) is 12.4 Å². The van der Waals surface area contributed by atoms with E-state index in [0.29, 0.717) is 30.8 Å². The van der Waals surface area contributed by atoms with E-state index in [4.69, 9.17) is 4.74 Å². The van der Waals surface area contributed by atoms with Crippen molar-refractivity contribution in [3.63, 3.8) is 0 Å². The molecule has 0 saturated carbocycles. The molecule has 0 aliphatic carbocycles. The van der Waals surface area contributed by atoms with Gasteiger partial charge in [-0.1, -0.05) is 32.9 Å². The van der Waals surface area contributed by atoms with Gasteiger partial charge in [-0.3, -0.25) is 4.79 Å². The van der Waals surface area contributed by atoms with E-state index in [9.17, 15) is 4.79 Å². The van der Waals surface area contributed by atoms with E-state index in [-0.39, 0.29) is 18.3 Å². The number of ether oxygens (including phenoxy) is 1. The summed E-state index contributed by atoms with van der Waals surface area (Å²) in [5.74, 6) is 2.27. The van der Waals surface area contributed by atoms with Crippen LogP contribution in [0.3, 0.4) is 0 Å². The Labute approximate surface area is 152 Å². The SMILES string of the molecule is CC(C)COc1ccccc1NC(=O)CC(C)C1CCCNC1.Cl. The molecule has 24 heavy (non-hydrogen) atoms. The van der Waals surface area contributed by atoms with Gasteiger partial charge in [0, 0.05) is 6.42 Å². The highest BCUT2D eigenvalue weighted by Gasteiger charge is 2.22. The normalized spacial score (nSPS) is 18.6. The molecular weight excluding hydrogens is 324 g/mol. The van der Waals surface area contributed by atoms with E-state index in [0.717, 1.165) is 24.5 Å². The molecule has 0 aromatic heterocycles. The first-order chi connectivity index (χ1) is 11.1. The molecule has 1 amide bonds. The second-order valence-electron chi connectivity index (χ2n) is 7.04. The standard InChI is InChI=1S/C19H30N2O2.ClH/c1-14(2)13-23-18-9-5-4-8-17(18)21-19(22)11-15(3)16-7-6-10-20-12-16;/h4-5,8-9,14-16,20H,6-7,10-13H2,1-3H3,(H,21,22);1H. The largest absolute Gasteiger partial charge is 0.491 e. The first kappa shape index (κ1) is 20.8. The Kier molecular flexibility index (Phi) is 9.16. The number of halogens is 1. The Morgan fingerprint density at radius 2 is 2.08 bits per heavy atom. The number of nitrogens with one attached hydrogen (secondary N) is 2. The minimum atomic E-state index is 0. The molecule has 0 bridgehead atoms. The number of hydrogen-bond donors (Lipinski definition) is 2.